The average molecular weight is 361 g/mol. The van der Waals surface area contributed by atoms with Gasteiger partial charge < -0.3 is 4.74 Å². The molecule has 0 amide bonds. The molecule has 0 radical (unpaired) electrons. The van der Waals surface area contributed by atoms with Crippen LogP contribution in [0.1, 0.15) is 39.2 Å². The first kappa shape index (κ1) is 17.9. The van der Waals surface area contributed by atoms with Gasteiger partial charge in [-0.3, -0.25) is 9.55 Å². The molecule has 2 aromatic carbocycles. The summed E-state index contributed by atoms with van der Waals surface area (Å²) >= 11 is 0. The number of benzene rings is 2. The van der Waals surface area contributed by atoms with E-state index >= 15 is 0 Å². The number of rotatable bonds is 6. The molecule has 0 aliphatic carbocycles. The second-order valence-electron chi connectivity index (χ2n) is 7.01. The van der Waals surface area contributed by atoms with E-state index in [1.165, 1.54) is 5.56 Å². The second-order valence-corrected chi connectivity index (χ2v) is 8.58. The topological polar surface area (TPSA) is 76.0 Å². The quantitative estimate of drug-likeness (QED) is 0.616. The highest BCUT2D eigenvalue weighted by molar-refractivity contribution is 7.85. The van der Waals surface area contributed by atoms with Crippen LogP contribution in [0.3, 0.4) is 0 Å². The second kappa shape index (κ2) is 6.42. The lowest BCUT2D eigenvalue weighted by molar-refractivity contribution is 0.309. The van der Waals surface area contributed by atoms with E-state index in [2.05, 4.69) is 37.9 Å². The van der Waals surface area contributed by atoms with Crippen molar-refractivity contribution in [3.05, 3.63) is 35.9 Å². The van der Waals surface area contributed by atoms with Crippen LogP contribution in [0, 0.1) is 0 Å². The molecule has 2 aromatic rings. The van der Waals surface area contributed by atoms with Gasteiger partial charge in [-0.1, -0.05) is 26.0 Å². The summed E-state index contributed by atoms with van der Waals surface area (Å²) in [6, 6.07) is 10.1. The first-order valence-corrected chi connectivity index (χ1v) is 10.0. The van der Waals surface area contributed by atoms with Gasteiger partial charge in [0.1, 0.15) is 5.75 Å². The predicted molar refractivity (Wildman–Crippen MR) is 101 cm³/mol. The molecule has 0 bridgehead atoms. The Balaban J connectivity index is 1.78. The van der Waals surface area contributed by atoms with Gasteiger partial charge in [0.25, 0.3) is 10.1 Å². The van der Waals surface area contributed by atoms with Crippen molar-refractivity contribution < 1.29 is 17.7 Å². The third kappa shape index (κ3) is 3.70. The number of aliphatic imine (C=N–C) groups is 1. The van der Waals surface area contributed by atoms with Gasteiger partial charge in [0.2, 0.25) is 0 Å². The third-order valence-corrected chi connectivity index (χ3v) is 5.66. The largest absolute Gasteiger partial charge is 0.494 e. The summed E-state index contributed by atoms with van der Waals surface area (Å²) in [6.45, 7) is 6.83. The van der Waals surface area contributed by atoms with Crippen LogP contribution in [0.4, 0.5) is 5.69 Å². The maximum Gasteiger partial charge on any atom is 0.264 e. The van der Waals surface area contributed by atoms with Crippen molar-refractivity contribution in [2.45, 2.75) is 39.0 Å². The van der Waals surface area contributed by atoms with Crippen LogP contribution < -0.4 is 4.74 Å². The number of fused-ring (bicyclic) bond motifs is 3. The molecule has 25 heavy (non-hydrogen) atoms. The molecule has 0 aromatic heterocycles. The minimum absolute atomic E-state index is 0.108. The molecule has 0 unspecified atom stereocenters. The van der Waals surface area contributed by atoms with Gasteiger partial charge >= 0.3 is 0 Å². The van der Waals surface area contributed by atoms with Crippen LogP contribution in [-0.4, -0.2) is 31.0 Å². The van der Waals surface area contributed by atoms with Crippen molar-refractivity contribution in [3.8, 4) is 5.75 Å². The molecule has 134 valence electrons. The van der Waals surface area contributed by atoms with Crippen molar-refractivity contribution >= 4 is 32.3 Å². The van der Waals surface area contributed by atoms with Gasteiger partial charge in [-0.15, -0.1) is 0 Å². The van der Waals surface area contributed by atoms with E-state index in [9.17, 15) is 8.42 Å². The van der Waals surface area contributed by atoms with Crippen LogP contribution in [0.5, 0.6) is 5.75 Å². The number of ether oxygens (including phenoxy) is 1. The average Bonchev–Trinajstić information content (AvgIpc) is 2.75. The highest BCUT2D eigenvalue weighted by Crippen LogP contribution is 2.44. The van der Waals surface area contributed by atoms with E-state index in [4.69, 9.17) is 9.29 Å². The summed E-state index contributed by atoms with van der Waals surface area (Å²) in [4.78, 5) is 4.69. The molecule has 1 aliphatic heterocycles. The van der Waals surface area contributed by atoms with Gasteiger partial charge in [-0.25, -0.2) is 0 Å². The number of hydrogen-bond donors (Lipinski definition) is 1. The molecule has 0 atom stereocenters. The van der Waals surface area contributed by atoms with Gasteiger partial charge in [0.15, 0.2) is 0 Å². The molecular formula is C19H23NO4S. The maximum absolute atomic E-state index is 10.7. The van der Waals surface area contributed by atoms with E-state index in [0.29, 0.717) is 19.4 Å². The van der Waals surface area contributed by atoms with Crippen LogP contribution in [-0.2, 0) is 15.5 Å². The Kier molecular flexibility index (Phi) is 4.60. The lowest BCUT2D eigenvalue weighted by atomic mass is 9.80. The van der Waals surface area contributed by atoms with Crippen LogP contribution in [0.15, 0.2) is 35.3 Å². The first-order chi connectivity index (χ1) is 11.7. The van der Waals surface area contributed by atoms with Gasteiger partial charge in [0.05, 0.1) is 18.0 Å². The first-order valence-electron chi connectivity index (χ1n) is 8.39. The monoisotopic (exact) mass is 361 g/mol. The number of unbranched alkanes of at least 4 members (excludes halogenated alkanes) is 1. The fourth-order valence-corrected chi connectivity index (χ4v) is 3.77. The van der Waals surface area contributed by atoms with Crippen LogP contribution in [0.2, 0.25) is 0 Å². The summed E-state index contributed by atoms with van der Waals surface area (Å²) in [7, 11) is -3.89. The Morgan fingerprint density at radius 1 is 1.16 bits per heavy atom. The highest BCUT2D eigenvalue weighted by Gasteiger charge is 2.33. The molecule has 0 saturated carbocycles. The minimum atomic E-state index is -3.89. The zero-order valence-electron chi connectivity index (χ0n) is 14.7. The lowest BCUT2D eigenvalue weighted by Gasteiger charge is -2.22. The lowest BCUT2D eigenvalue weighted by Crippen LogP contribution is -2.22. The standard InChI is InChI=1S/C19H23NO4S/c1-13-19(2,3)18-16-12-15(24-10-4-5-11-25(21,22)23)8-6-14(16)7-9-17(18)20-13/h6-9,12H,4-5,10-11H2,1-3H3,(H,21,22,23). The van der Waals surface area contributed by atoms with E-state index in [1.54, 1.807) is 0 Å². The van der Waals surface area contributed by atoms with E-state index in [0.717, 1.165) is 27.9 Å². The zero-order valence-corrected chi connectivity index (χ0v) is 15.6. The van der Waals surface area contributed by atoms with Crippen LogP contribution in [0.25, 0.3) is 10.8 Å². The maximum atomic E-state index is 10.7. The van der Waals surface area contributed by atoms with Gasteiger partial charge in [-0.05, 0) is 54.3 Å². The molecular weight excluding hydrogens is 338 g/mol. The summed E-state index contributed by atoms with van der Waals surface area (Å²) in [5.41, 5.74) is 3.23. The van der Waals surface area contributed by atoms with Crippen molar-refractivity contribution in [1.82, 2.24) is 0 Å². The van der Waals surface area contributed by atoms with Crippen molar-refractivity contribution in [3.63, 3.8) is 0 Å². The Morgan fingerprint density at radius 3 is 2.60 bits per heavy atom. The van der Waals surface area contributed by atoms with Crippen molar-refractivity contribution in [1.29, 1.82) is 0 Å². The molecule has 0 saturated heterocycles. The number of hydrogen-bond acceptors (Lipinski definition) is 4. The molecule has 0 fully saturated rings. The Hall–Kier alpha value is -1.92. The third-order valence-electron chi connectivity index (χ3n) is 4.85. The van der Waals surface area contributed by atoms with Crippen LogP contribution >= 0.6 is 0 Å². The molecule has 1 heterocycles. The summed E-state index contributed by atoms with van der Waals surface area (Å²) in [6.07, 6.45) is 0.945. The molecule has 1 aliphatic rings. The zero-order chi connectivity index (χ0) is 18.2. The Labute approximate surface area is 148 Å². The molecule has 0 spiro atoms. The summed E-state index contributed by atoms with van der Waals surface area (Å²) in [5.74, 6) is 0.528. The summed E-state index contributed by atoms with van der Waals surface area (Å²) in [5, 5.41) is 2.29. The van der Waals surface area contributed by atoms with Crippen molar-refractivity contribution in [2.24, 2.45) is 4.99 Å². The Bertz CT molecular complexity index is 945. The van der Waals surface area contributed by atoms with Crippen molar-refractivity contribution in [2.75, 3.05) is 12.4 Å². The SMILES string of the molecule is CC1=Nc2ccc3ccc(OCCCCS(=O)(=O)O)cc3c2C1(C)C. The minimum Gasteiger partial charge on any atom is -0.494 e. The van der Waals surface area contributed by atoms with E-state index in [1.807, 2.05) is 18.2 Å². The molecule has 5 nitrogen and oxygen atoms in total. The molecule has 3 rings (SSSR count). The fourth-order valence-electron chi connectivity index (χ4n) is 3.20. The Morgan fingerprint density at radius 2 is 1.88 bits per heavy atom. The van der Waals surface area contributed by atoms with E-state index < -0.39 is 10.1 Å². The van der Waals surface area contributed by atoms with E-state index in [-0.39, 0.29) is 11.2 Å². The summed E-state index contributed by atoms with van der Waals surface area (Å²) < 4.78 is 35.9. The molecule has 6 heteroatoms. The number of nitrogens with zero attached hydrogens (tertiary/aromatic N) is 1. The highest BCUT2D eigenvalue weighted by atomic mass is 32.2. The van der Waals surface area contributed by atoms with Gasteiger partial charge in [-0.2, -0.15) is 8.42 Å². The molecule has 1 N–H and O–H groups in total. The smallest absolute Gasteiger partial charge is 0.264 e. The fraction of sp³-hybridized carbons (Fsp3) is 0.421. The normalized spacial score (nSPS) is 15.9. The predicted octanol–water partition coefficient (Wildman–Crippen LogP) is 4.27. The van der Waals surface area contributed by atoms with Gasteiger partial charge in [0, 0.05) is 11.1 Å².